The van der Waals surface area contributed by atoms with Crippen molar-refractivity contribution in [2.45, 2.75) is 6.61 Å². The third kappa shape index (κ3) is 3.35. The molecule has 4 rings (SSSR count). The molecule has 0 heterocycles. The van der Waals surface area contributed by atoms with Crippen LogP contribution in [-0.4, -0.2) is 6.29 Å². The van der Waals surface area contributed by atoms with Crippen LogP contribution >= 0.6 is 0 Å². The van der Waals surface area contributed by atoms with Crippen molar-refractivity contribution in [3.63, 3.8) is 0 Å². The third-order valence-electron chi connectivity index (χ3n) is 4.46. The molecular formula is C24H18O2. The third-order valence-corrected chi connectivity index (χ3v) is 4.46. The molecule has 0 saturated carbocycles. The Balaban J connectivity index is 1.68. The van der Waals surface area contributed by atoms with Gasteiger partial charge in [0.05, 0.1) is 0 Å². The van der Waals surface area contributed by atoms with Gasteiger partial charge in [-0.05, 0) is 51.7 Å². The van der Waals surface area contributed by atoms with Crippen LogP contribution in [0.4, 0.5) is 0 Å². The summed E-state index contributed by atoms with van der Waals surface area (Å²) in [7, 11) is 0. The van der Waals surface area contributed by atoms with Gasteiger partial charge in [-0.2, -0.15) is 0 Å². The number of rotatable bonds is 5. The second-order valence-electron chi connectivity index (χ2n) is 6.20. The normalized spacial score (nSPS) is 10.6. The lowest BCUT2D eigenvalue weighted by molar-refractivity contribution is 0.112. The molecule has 0 fully saturated rings. The van der Waals surface area contributed by atoms with Gasteiger partial charge in [-0.3, -0.25) is 4.79 Å². The van der Waals surface area contributed by atoms with E-state index in [1.807, 2.05) is 66.7 Å². The van der Waals surface area contributed by atoms with Gasteiger partial charge >= 0.3 is 0 Å². The van der Waals surface area contributed by atoms with E-state index in [0.717, 1.165) is 34.1 Å². The van der Waals surface area contributed by atoms with Crippen LogP contribution in [0, 0.1) is 0 Å². The number of hydrogen-bond donors (Lipinski definition) is 0. The van der Waals surface area contributed by atoms with Crippen molar-refractivity contribution < 1.29 is 9.53 Å². The Morgan fingerprint density at radius 2 is 1.50 bits per heavy atom. The van der Waals surface area contributed by atoms with Crippen molar-refractivity contribution in [2.75, 3.05) is 0 Å². The van der Waals surface area contributed by atoms with Crippen LogP contribution in [0.15, 0.2) is 91.0 Å². The zero-order valence-electron chi connectivity index (χ0n) is 14.3. The lowest BCUT2D eigenvalue weighted by Crippen LogP contribution is -1.96. The highest BCUT2D eigenvalue weighted by Gasteiger charge is 2.08. The molecule has 0 radical (unpaired) electrons. The number of hydrogen-bond acceptors (Lipinski definition) is 2. The van der Waals surface area contributed by atoms with E-state index in [4.69, 9.17) is 4.74 Å². The average Bonchev–Trinajstić information content (AvgIpc) is 2.72. The minimum Gasteiger partial charge on any atom is -0.489 e. The van der Waals surface area contributed by atoms with E-state index in [0.29, 0.717) is 12.2 Å². The maximum Gasteiger partial charge on any atom is 0.150 e. The molecule has 0 unspecified atom stereocenters. The van der Waals surface area contributed by atoms with Gasteiger partial charge in [0, 0.05) is 5.56 Å². The number of aldehydes is 1. The summed E-state index contributed by atoms with van der Waals surface area (Å²) < 4.78 is 5.93. The maximum absolute atomic E-state index is 11.5. The topological polar surface area (TPSA) is 26.3 Å². The van der Waals surface area contributed by atoms with E-state index in [-0.39, 0.29) is 0 Å². The van der Waals surface area contributed by atoms with Crippen molar-refractivity contribution >= 4 is 17.1 Å². The van der Waals surface area contributed by atoms with Gasteiger partial charge in [0.1, 0.15) is 12.4 Å². The highest BCUT2D eigenvalue weighted by atomic mass is 16.5. The Labute approximate surface area is 152 Å². The SMILES string of the molecule is O=Cc1ccc(OCc2ccccc2)cc1-c1ccc2ccccc2c1. The van der Waals surface area contributed by atoms with Gasteiger partial charge in [-0.15, -0.1) is 0 Å². The minimum absolute atomic E-state index is 0.498. The largest absolute Gasteiger partial charge is 0.489 e. The summed E-state index contributed by atoms with van der Waals surface area (Å²) in [6.45, 7) is 0.498. The first kappa shape index (κ1) is 16.1. The highest BCUT2D eigenvalue weighted by Crippen LogP contribution is 2.30. The fourth-order valence-corrected chi connectivity index (χ4v) is 3.08. The second kappa shape index (κ2) is 7.24. The van der Waals surface area contributed by atoms with E-state index in [1.165, 1.54) is 5.39 Å². The fourth-order valence-electron chi connectivity index (χ4n) is 3.08. The zero-order chi connectivity index (χ0) is 17.8. The molecular weight excluding hydrogens is 320 g/mol. The molecule has 2 nitrogen and oxygen atoms in total. The summed E-state index contributed by atoms with van der Waals surface area (Å²) in [6.07, 6.45) is 0.894. The predicted molar refractivity (Wildman–Crippen MR) is 106 cm³/mol. The number of carbonyl (C=O) groups excluding carboxylic acids is 1. The van der Waals surface area contributed by atoms with E-state index < -0.39 is 0 Å². The summed E-state index contributed by atoms with van der Waals surface area (Å²) in [5.41, 5.74) is 3.67. The standard InChI is InChI=1S/C24H18O2/c25-16-22-12-13-23(26-17-18-6-2-1-3-7-18)15-24(22)21-11-10-19-8-4-5-9-20(19)14-21/h1-16H,17H2. The first-order valence-electron chi connectivity index (χ1n) is 8.58. The van der Waals surface area contributed by atoms with Crippen molar-refractivity contribution in [3.8, 4) is 16.9 Å². The molecule has 0 N–H and O–H groups in total. The Morgan fingerprint density at radius 1 is 0.731 bits per heavy atom. The lowest BCUT2D eigenvalue weighted by atomic mass is 9.97. The van der Waals surface area contributed by atoms with E-state index in [1.54, 1.807) is 0 Å². The zero-order valence-corrected chi connectivity index (χ0v) is 14.3. The molecule has 0 aromatic heterocycles. The number of carbonyl (C=O) groups is 1. The van der Waals surface area contributed by atoms with Crippen LogP contribution in [-0.2, 0) is 6.61 Å². The van der Waals surface area contributed by atoms with Gasteiger partial charge in [-0.25, -0.2) is 0 Å². The number of benzene rings is 4. The fraction of sp³-hybridized carbons (Fsp3) is 0.0417. The molecule has 0 aliphatic rings. The molecule has 0 atom stereocenters. The number of ether oxygens (including phenoxy) is 1. The van der Waals surface area contributed by atoms with Crippen molar-refractivity contribution in [1.29, 1.82) is 0 Å². The van der Waals surface area contributed by atoms with Crippen molar-refractivity contribution in [1.82, 2.24) is 0 Å². The molecule has 0 bridgehead atoms. The maximum atomic E-state index is 11.5. The summed E-state index contributed by atoms with van der Waals surface area (Å²) in [5, 5.41) is 2.33. The predicted octanol–water partition coefficient (Wildman–Crippen LogP) is 5.90. The summed E-state index contributed by atoms with van der Waals surface area (Å²) in [4.78, 5) is 11.5. The Bertz CT molecular complexity index is 1050. The van der Waals surface area contributed by atoms with Gasteiger partial charge in [0.15, 0.2) is 6.29 Å². The van der Waals surface area contributed by atoms with Gasteiger partial charge in [0.25, 0.3) is 0 Å². The quantitative estimate of drug-likeness (QED) is 0.424. The van der Waals surface area contributed by atoms with Gasteiger partial charge < -0.3 is 4.74 Å². The van der Waals surface area contributed by atoms with Crippen LogP contribution in [0.25, 0.3) is 21.9 Å². The summed E-state index contributed by atoms with van der Waals surface area (Å²) >= 11 is 0. The summed E-state index contributed by atoms with van der Waals surface area (Å²) in [6, 6.07) is 30.1. The second-order valence-corrected chi connectivity index (χ2v) is 6.20. The van der Waals surface area contributed by atoms with Crippen LogP contribution < -0.4 is 4.74 Å². The molecule has 0 amide bonds. The van der Waals surface area contributed by atoms with E-state index in [2.05, 4.69) is 24.3 Å². The van der Waals surface area contributed by atoms with E-state index in [9.17, 15) is 4.79 Å². The molecule has 0 aliphatic heterocycles. The first-order valence-corrected chi connectivity index (χ1v) is 8.58. The van der Waals surface area contributed by atoms with Gasteiger partial charge in [0.2, 0.25) is 0 Å². The monoisotopic (exact) mass is 338 g/mol. The Morgan fingerprint density at radius 3 is 2.31 bits per heavy atom. The van der Waals surface area contributed by atoms with Crippen molar-refractivity contribution in [3.05, 3.63) is 102 Å². The van der Waals surface area contributed by atoms with Crippen LogP contribution in [0.3, 0.4) is 0 Å². The smallest absolute Gasteiger partial charge is 0.150 e. The Hall–Kier alpha value is -3.39. The van der Waals surface area contributed by atoms with Crippen LogP contribution in [0.5, 0.6) is 5.75 Å². The minimum atomic E-state index is 0.498. The average molecular weight is 338 g/mol. The Kier molecular flexibility index (Phi) is 4.48. The van der Waals surface area contributed by atoms with Gasteiger partial charge in [-0.1, -0.05) is 66.7 Å². The molecule has 0 saturated heterocycles. The molecule has 0 spiro atoms. The molecule has 2 heteroatoms. The highest BCUT2D eigenvalue weighted by molar-refractivity contribution is 5.92. The first-order chi connectivity index (χ1) is 12.8. The van der Waals surface area contributed by atoms with E-state index >= 15 is 0 Å². The molecule has 126 valence electrons. The van der Waals surface area contributed by atoms with Crippen LogP contribution in [0.1, 0.15) is 15.9 Å². The summed E-state index contributed by atoms with van der Waals surface area (Å²) in [5.74, 6) is 0.752. The van der Waals surface area contributed by atoms with Crippen LogP contribution in [0.2, 0.25) is 0 Å². The number of fused-ring (bicyclic) bond motifs is 1. The molecule has 0 aliphatic carbocycles. The molecule has 4 aromatic carbocycles. The molecule has 26 heavy (non-hydrogen) atoms. The lowest BCUT2D eigenvalue weighted by Gasteiger charge is -2.11. The van der Waals surface area contributed by atoms with Crippen molar-refractivity contribution in [2.24, 2.45) is 0 Å². The molecule has 4 aromatic rings.